The smallest absolute Gasteiger partial charge is 0.272 e. The van der Waals surface area contributed by atoms with Gasteiger partial charge in [-0.05, 0) is 38.2 Å². The second kappa shape index (κ2) is 7.57. The zero-order valence-corrected chi connectivity index (χ0v) is 14.0. The minimum absolute atomic E-state index is 0.205. The highest BCUT2D eigenvalue weighted by Gasteiger charge is 2.31. The Hall–Kier alpha value is -2.22. The zero-order valence-electron chi connectivity index (χ0n) is 14.0. The van der Waals surface area contributed by atoms with Crippen molar-refractivity contribution < 1.29 is 14.1 Å². The molecule has 2 N–H and O–H groups in total. The van der Waals surface area contributed by atoms with E-state index in [0.29, 0.717) is 30.6 Å². The number of rotatable bonds is 6. The number of carbonyl (C=O) groups excluding carboxylic acids is 1. The summed E-state index contributed by atoms with van der Waals surface area (Å²) in [6, 6.07) is 1.47. The van der Waals surface area contributed by atoms with Crippen LogP contribution in [0, 0.1) is 12.8 Å². The number of aromatic amines is 1. The second-order valence-corrected chi connectivity index (χ2v) is 6.11. The molecule has 0 aromatic carbocycles. The highest BCUT2D eigenvalue weighted by Crippen LogP contribution is 2.29. The predicted octanol–water partition coefficient (Wildman–Crippen LogP) is 1.95. The fourth-order valence-electron chi connectivity index (χ4n) is 2.96. The van der Waals surface area contributed by atoms with Gasteiger partial charge in [0.05, 0.1) is 0 Å². The molecule has 24 heavy (non-hydrogen) atoms. The molecular formula is C16H23N5O3. The van der Waals surface area contributed by atoms with Crippen LogP contribution in [0.2, 0.25) is 0 Å². The van der Waals surface area contributed by atoms with Crippen LogP contribution in [0.3, 0.4) is 0 Å². The Bertz CT molecular complexity index is 675. The summed E-state index contributed by atoms with van der Waals surface area (Å²) in [6.45, 7) is 5.20. The predicted molar refractivity (Wildman–Crippen MR) is 85.4 cm³/mol. The number of hydrogen-bond donors (Lipinski definition) is 2. The molecule has 1 aliphatic rings. The van der Waals surface area contributed by atoms with Crippen LogP contribution in [-0.4, -0.2) is 39.5 Å². The molecule has 1 amide bonds. The Kier molecular flexibility index (Phi) is 5.24. The van der Waals surface area contributed by atoms with Crippen LogP contribution < -0.4 is 5.32 Å². The normalized spacial score (nSPS) is 16.9. The summed E-state index contributed by atoms with van der Waals surface area (Å²) in [5.41, 5.74) is 1.34. The van der Waals surface area contributed by atoms with E-state index < -0.39 is 0 Å². The number of amides is 1. The molecule has 2 aromatic heterocycles. The van der Waals surface area contributed by atoms with Crippen molar-refractivity contribution in [3.8, 4) is 0 Å². The highest BCUT2D eigenvalue weighted by atomic mass is 16.5. The summed E-state index contributed by atoms with van der Waals surface area (Å²) in [4.78, 5) is 16.9. The third kappa shape index (κ3) is 3.81. The summed E-state index contributed by atoms with van der Waals surface area (Å²) >= 11 is 0. The molecule has 0 radical (unpaired) electrons. The van der Waals surface area contributed by atoms with Crippen molar-refractivity contribution >= 4 is 5.91 Å². The fraction of sp³-hybridized carbons (Fsp3) is 0.625. The van der Waals surface area contributed by atoms with Crippen LogP contribution in [0.25, 0.3) is 0 Å². The molecule has 0 saturated carbocycles. The lowest BCUT2D eigenvalue weighted by molar-refractivity contribution is 0.0467. The Morgan fingerprint density at radius 3 is 2.92 bits per heavy atom. The van der Waals surface area contributed by atoms with Gasteiger partial charge in [-0.15, -0.1) is 0 Å². The number of ether oxygens (including phenoxy) is 1. The summed E-state index contributed by atoms with van der Waals surface area (Å²) in [7, 11) is 0. The van der Waals surface area contributed by atoms with E-state index in [0.717, 1.165) is 31.4 Å². The first-order valence-corrected chi connectivity index (χ1v) is 8.40. The van der Waals surface area contributed by atoms with Crippen LogP contribution in [-0.2, 0) is 11.2 Å². The summed E-state index contributed by atoms with van der Waals surface area (Å²) in [5, 5.41) is 13.9. The fourth-order valence-corrected chi connectivity index (χ4v) is 2.96. The van der Waals surface area contributed by atoms with E-state index in [2.05, 4.69) is 32.6 Å². The van der Waals surface area contributed by atoms with Crippen LogP contribution >= 0.6 is 0 Å². The van der Waals surface area contributed by atoms with Crippen molar-refractivity contribution in [3.63, 3.8) is 0 Å². The SMILES string of the molecule is CCCc1cc(C(=O)NC(c2nc(C)no2)C2CCOCC2)n[nH]1. The van der Waals surface area contributed by atoms with Gasteiger partial charge in [0, 0.05) is 18.9 Å². The number of aromatic nitrogens is 4. The molecule has 1 aliphatic heterocycles. The molecule has 3 rings (SSSR count). The molecule has 1 saturated heterocycles. The lowest BCUT2D eigenvalue weighted by Gasteiger charge is -2.28. The molecule has 1 atom stereocenters. The van der Waals surface area contributed by atoms with Gasteiger partial charge in [0.25, 0.3) is 5.91 Å². The van der Waals surface area contributed by atoms with E-state index in [1.807, 2.05) is 0 Å². The Morgan fingerprint density at radius 2 is 2.25 bits per heavy atom. The lowest BCUT2D eigenvalue weighted by atomic mass is 9.91. The van der Waals surface area contributed by atoms with Gasteiger partial charge in [-0.2, -0.15) is 10.1 Å². The van der Waals surface area contributed by atoms with Crippen molar-refractivity contribution in [2.45, 2.75) is 45.6 Å². The lowest BCUT2D eigenvalue weighted by Crippen LogP contribution is -2.36. The number of carbonyl (C=O) groups is 1. The van der Waals surface area contributed by atoms with Gasteiger partial charge in [-0.25, -0.2) is 0 Å². The van der Waals surface area contributed by atoms with Crippen molar-refractivity contribution in [3.05, 3.63) is 29.2 Å². The largest absolute Gasteiger partial charge is 0.381 e. The Balaban J connectivity index is 1.76. The summed E-state index contributed by atoms with van der Waals surface area (Å²) in [6.07, 6.45) is 3.55. The third-order valence-electron chi connectivity index (χ3n) is 4.22. The topological polar surface area (TPSA) is 106 Å². The van der Waals surface area contributed by atoms with Gasteiger partial charge in [0.2, 0.25) is 5.89 Å². The van der Waals surface area contributed by atoms with Gasteiger partial charge in [0.1, 0.15) is 11.7 Å². The number of nitrogens with zero attached hydrogens (tertiary/aromatic N) is 3. The van der Waals surface area contributed by atoms with Crippen molar-refractivity contribution in [2.75, 3.05) is 13.2 Å². The molecule has 1 fully saturated rings. The molecule has 130 valence electrons. The maximum atomic E-state index is 12.6. The van der Waals surface area contributed by atoms with Gasteiger partial charge in [-0.1, -0.05) is 18.5 Å². The second-order valence-electron chi connectivity index (χ2n) is 6.11. The number of H-pyrrole nitrogens is 1. The molecule has 3 heterocycles. The molecule has 8 heteroatoms. The van der Waals surface area contributed by atoms with E-state index in [1.165, 1.54) is 0 Å². The minimum Gasteiger partial charge on any atom is -0.381 e. The molecule has 1 unspecified atom stereocenters. The van der Waals surface area contributed by atoms with Crippen molar-refractivity contribution in [1.29, 1.82) is 0 Å². The summed E-state index contributed by atoms with van der Waals surface area (Å²) < 4.78 is 10.7. The standard InChI is InChI=1S/C16H23N5O3/c1-3-4-12-9-13(20-19-12)15(22)18-14(11-5-7-23-8-6-11)16-17-10(2)21-24-16/h9,11,14H,3-8H2,1-2H3,(H,18,22)(H,19,20). The van der Waals surface area contributed by atoms with E-state index in [4.69, 9.17) is 9.26 Å². The average molecular weight is 333 g/mol. The van der Waals surface area contributed by atoms with E-state index in [-0.39, 0.29) is 17.9 Å². The van der Waals surface area contributed by atoms with E-state index >= 15 is 0 Å². The Labute approximate surface area is 140 Å². The maximum Gasteiger partial charge on any atom is 0.272 e. The first kappa shape index (κ1) is 16.6. The van der Waals surface area contributed by atoms with Crippen LogP contribution in [0.1, 0.15) is 60.1 Å². The minimum atomic E-state index is -0.325. The van der Waals surface area contributed by atoms with Gasteiger partial charge >= 0.3 is 0 Å². The molecule has 0 spiro atoms. The number of aryl methyl sites for hydroxylation is 2. The highest BCUT2D eigenvalue weighted by molar-refractivity contribution is 5.92. The van der Waals surface area contributed by atoms with Gasteiger partial charge in [-0.3, -0.25) is 9.89 Å². The quantitative estimate of drug-likeness (QED) is 0.837. The average Bonchev–Trinajstić information content (AvgIpc) is 3.23. The number of nitrogens with one attached hydrogen (secondary N) is 2. The first-order valence-electron chi connectivity index (χ1n) is 8.40. The van der Waals surface area contributed by atoms with E-state index in [9.17, 15) is 4.79 Å². The molecule has 0 bridgehead atoms. The van der Waals surface area contributed by atoms with Crippen LogP contribution in [0.5, 0.6) is 0 Å². The van der Waals surface area contributed by atoms with Gasteiger partial charge in [0.15, 0.2) is 5.82 Å². The zero-order chi connectivity index (χ0) is 16.9. The summed E-state index contributed by atoms with van der Waals surface area (Å²) in [5.74, 6) is 0.968. The van der Waals surface area contributed by atoms with Crippen molar-refractivity contribution in [2.24, 2.45) is 5.92 Å². The van der Waals surface area contributed by atoms with Crippen LogP contribution in [0.15, 0.2) is 10.6 Å². The van der Waals surface area contributed by atoms with E-state index in [1.54, 1.807) is 13.0 Å². The maximum absolute atomic E-state index is 12.6. The molecule has 8 nitrogen and oxygen atoms in total. The van der Waals surface area contributed by atoms with Crippen LogP contribution in [0.4, 0.5) is 0 Å². The number of hydrogen-bond acceptors (Lipinski definition) is 6. The molecule has 2 aromatic rings. The first-order chi connectivity index (χ1) is 11.7. The van der Waals surface area contributed by atoms with Crippen molar-refractivity contribution in [1.82, 2.24) is 25.7 Å². The monoisotopic (exact) mass is 333 g/mol. The molecule has 0 aliphatic carbocycles. The van der Waals surface area contributed by atoms with Gasteiger partial charge < -0.3 is 14.6 Å². The Morgan fingerprint density at radius 1 is 1.46 bits per heavy atom. The third-order valence-corrected chi connectivity index (χ3v) is 4.22. The molecular weight excluding hydrogens is 310 g/mol.